The van der Waals surface area contributed by atoms with Crippen molar-refractivity contribution >= 4 is 45.9 Å². The number of carbonyl (C=O) groups excluding carboxylic acids is 2. The van der Waals surface area contributed by atoms with Gasteiger partial charge in [-0.15, -0.1) is 0 Å². The van der Waals surface area contributed by atoms with Crippen LogP contribution in [-0.4, -0.2) is 71.1 Å². The van der Waals surface area contributed by atoms with Gasteiger partial charge in [0, 0.05) is 62.0 Å². The molecule has 2 amide bonds. The van der Waals surface area contributed by atoms with E-state index < -0.39 is 11.7 Å². The number of ether oxygens (including phenoxy) is 1. The third-order valence-electron chi connectivity index (χ3n) is 11.7. The van der Waals surface area contributed by atoms with Crippen LogP contribution < -0.4 is 31.6 Å². The van der Waals surface area contributed by atoms with E-state index in [-0.39, 0.29) is 29.2 Å². The number of methoxy groups -OCH3 is 1. The number of nitrogens with one attached hydrogen (secondary N) is 2. The first-order valence-electron chi connectivity index (χ1n) is 18.3. The Kier molecular flexibility index (Phi) is 8.75. The van der Waals surface area contributed by atoms with Gasteiger partial charge >= 0.3 is 0 Å². The summed E-state index contributed by atoms with van der Waals surface area (Å²) in [7, 11) is 1.60. The molecule has 4 saturated carbocycles. The van der Waals surface area contributed by atoms with Crippen LogP contribution >= 0.6 is 0 Å². The summed E-state index contributed by atoms with van der Waals surface area (Å²) in [6.45, 7) is 4.44. The van der Waals surface area contributed by atoms with Gasteiger partial charge in [0.05, 0.1) is 30.7 Å². The number of hydrogen-bond acceptors (Lipinski definition) is 9. The molecule has 2 aromatic heterocycles. The minimum absolute atomic E-state index is 0.0275. The molecule has 3 heterocycles. The molecule has 0 radical (unpaired) electrons. The minimum atomic E-state index is -0.647. The second-order valence-corrected chi connectivity index (χ2v) is 15.4. The van der Waals surface area contributed by atoms with Crippen LogP contribution in [0, 0.1) is 35.9 Å². The summed E-state index contributed by atoms with van der Waals surface area (Å²) in [5, 5.41) is 6.55. The van der Waals surface area contributed by atoms with E-state index in [1.807, 2.05) is 18.2 Å². The molecule has 4 N–H and O–H groups in total. The third kappa shape index (κ3) is 6.52. The molecule has 1 saturated heterocycles. The topological polar surface area (TPSA) is 148 Å². The highest BCUT2D eigenvalue weighted by molar-refractivity contribution is 5.82. The van der Waals surface area contributed by atoms with Crippen LogP contribution in [0.25, 0.3) is 16.7 Å². The summed E-state index contributed by atoms with van der Waals surface area (Å²) in [4.78, 5) is 51.8. The maximum Gasteiger partial charge on any atom is 0.257 e. The third-order valence-corrected chi connectivity index (χ3v) is 11.7. The number of aryl methyl sites for hydroxylation is 1. The fourth-order valence-electron chi connectivity index (χ4n) is 9.79. The van der Waals surface area contributed by atoms with Crippen molar-refractivity contribution in [2.75, 3.05) is 55.4 Å². The van der Waals surface area contributed by atoms with Gasteiger partial charge in [0.25, 0.3) is 5.56 Å². The molecule has 12 nitrogen and oxygen atoms in total. The van der Waals surface area contributed by atoms with Crippen molar-refractivity contribution in [2.45, 2.75) is 51.9 Å². The number of rotatable bonds is 10. The van der Waals surface area contributed by atoms with Crippen molar-refractivity contribution in [3.05, 3.63) is 70.4 Å². The number of halogens is 1. The summed E-state index contributed by atoms with van der Waals surface area (Å²) in [6, 6.07) is 11.5. The molecule has 4 aromatic rings. The maximum absolute atomic E-state index is 14.5. The van der Waals surface area contributed by atoms with Crippen LogP contribution in [0.1, 0.15) is 50.5 Å². The Balaban J connectivity index is 0.976. The number of piperazine rings is 1. The second-order valence-electron chi connectivity index (χ2n) is 15.4. The van der Waals surface area contributed by atoms with Gasteiger partial charge in [0.1, 0.15) is 11.6 Å². The van der Waals surface area contributed by atoms with Crippen LogP contribution in [0.4, 0.5) is 27.4 Å². The predicted molar refractivity (Wildman–Crippen MR) is 198 cm³/mol. The van der Waals surface area contributed by atoms with Gasteiger partial charge in [0.2, 0.25) is 17.8 Å². The Hall–Kier alpha value is -5.20. The lowest BCUT2D eigenvalue weighted by Gasteiger charge is -2.57. The Labute approximate surface area is 301 Å². The molecule has 13 heteroatoms. The van der Waals surface area contributed by atoms with E-state index in [1.165, 1.54) is 67.4 Å². The molecule has 5 fully saturated rings. The number of nitrogens with two attached hydrogens (primary N) is 1. The molecule has 5 aliphatic rings. The zero-order valence-electron chi connectivity index (χ0n) is 29.7. The Bertz CT molecular complexity index is 2070. The van der Waals surface area contributed by atoms with Crippen molar-refractivity contribution in [3.8, 4) is 11.4 Å². The highest BCUT2D eigenvalue weighted by Gasteiger charge is 2.51. The number of carbonyl (C=O) groups is 2. The van der Waals surface area contributed by atoms with Crippen LogP contribution in [0.15, 0.2) is 53.5 Å². The average molecular weight is 709 g/mol. The fourth-order valence-corrected chi connectivity index (χ4v) is 9.79. The highest BCUT2D eigenvalue weighted by Crippen LogP contribution is 2.61. The molecule has 2 aromatic carbocycles. The molecule has 4 bridgehead atoms. The zero-order chi connectivity index (χ0) is 36.1. The molecule has 4 aliphatic carbocycles. The van der Waals surface area contributed by atoms with E-state index in [4.69, 9.17) is 15.5 Å². The SMILES string of the molecule is COc1cc(N2CCN(C(=O)CC34CC5CC(CC(C5)C3)C4)CC2)ccc1Nc1ncc2c(C)cc(=O)n(-c3ccc(F)c(NCC(N)=O)c3)c2n1. The number of fused-ring (bicyclic) bond motifs is 1. The smallest absolute Gasteiger partial charge is 0.257 e. The molecule has 1 aliphatic heterocycles. The predicted octanol–water partition coefficient (Wildman–Crippen LogP) is 5.13. The number of primary amides is 1. The number of benzene rings is 2. The van der Waals surface area contributed by atoms with E-state index in [0.717, 1.165) is 43.0 Å². The van der Waals surface area contributed by atoms with Crippen LogP contribution in [0.2, 0.25) is 0 Å². The summed E-state index contributed by atoms with van der Waals surface area (Å²) >= 11 is 0. The Morgan fingerprint density at radius 2 is 1.65 bits per heavy atom. The lowest BCUT2D eigenvalue weighted by molar-refractivity contribution is -0.139. The number of amides is 2. The summed E-state index contributed by atoms with van der Waals surface area (Å²) in [6.07, 6.45) is 10.3. The van der Waals surface area contributed by atoms with Gasteiger partial charge in [0.15, 0.2) is 5.65 Å². The van der Waals surface area contributed by atoms with Crippen molar-refractivity contribution in [1.82, 2.24) is 19.4 Å². The minimum Gasteiger partial charge on any atom is -0.494 e. The van der Waals surface area contributed by atoms with Crippen LogP contribution in [0.3, 0.4) is 0 Å². The van der Waals surface area contributed by atoms with Gasteiger partial charge < -0.3 is 30.9 Å². The molecule has 272 valence electrons. The van der Waals surface area contributed by atoms with Crippen molar-refractivity contribution in [3.63, 3.8) is 0 Å². The largest absolute Gasteiger partial charge is 0.494 e. The molecule has 9 rings (SSSR count). The first-order chi connectivity index (χ1) is 25.1. The zero-order valence-corrected chi connectivity index (χ0v) is 29.7. The molecule has 0 unspecified atom stereocenters. The normalized spacial score (nSPS) is 23.6. The van der Waals surface area contributed by atoms with Crippen molar-refractivity contribution in [2.24, 2.45) is 28.9 Å². The molecule has 52 heavy (non-hydrogen) atoms. The van der Waals surface area contributed by atoms with Crippen molar-refractivity contribution < 1.29 is 18.7 Å². The lowest BCUT2D eigenvalue weighted by atomic mass is 9.49. The van der Waals surface area contributed by atoms with E-state index in [2.05, 4.69) is 25.4 Å². The lowest BCUT2D eigenvalue weighted by Crippen LogP contribution is -2.52. The summed E-state index contributed by atoms with van der Waals surface area (Å²) in [5.74, 6) is 2.44. The van der Waals surface area contributed by atoms with Gasteiger partial charge in [-0.1, -0.05) is 0 Å². The Morgan fingerprint density at radius 3 is 2.33 bits per heavy atom. The number of pyridine rings is 1. The monoisotopic (exact) mass is 708 g/mol. The number of nitrogens with zero attached hydrogens (tertiary/aromatic N) is 5. The van der Waals surface area contributed by atoms with Gasteiger partial charge in [-0.2, -0.15) is 4.98 Å². The number of anilines is 4. The molecule has 0 spiro atoms. The van der Waals surface area contributed by atoms with E-state index in [9.17, 15) is 18.8 Å². The van der Waals surface area contributed by atoms with Crippen LogP contribution in [0.5, 0.6) is 5.75 Å². The highest BCUT2D eigenvalue weighted by atomic mass is 19.1. The molecular formula is C39H45FN8O4. The van der Waals surface area contributed by atoms with Gasteiger partial charge in [-0.3, -0.25) is 19.0 Å². The summed E-state index contributed by atoms with van der Waals surface area (Å²) in [5.41, 5.74) is 8.14. The van der Waals surface area contributed by atoms with E-state index in [0.29, 0.717) is 52.7 Å². The molecular weight excluding hydrogens is 663 g/mol. The number of aromatic nitrogens is 3. The van der Waals surface area contributed by atoms with E-state index in [1.54, 1.807) is 20.2 Å². The average Bonchev–Trinajstić information content (AvgIpc) is 3.11. The van der Waals surface area contributed by atoms with E-state index >= 15 is 0 Å². The Morgan fingerprint density at radius 1 is 0.962 bits per heavy atom. The van der Waals surface area contributed by atoms with Crippen molar-refractivity contribution in [1.29, 1.82) is 0 Å². The van der Waals surface area contributed by atoms with Gasteiger partial charge in [-0.25, -0.2) is 9.37 Å². The quantitative estimate of drug-likeness (QED) is 0.204. The number of hydrogen-bond donors (Lipinski definition) is 3. The van der Waals surface area contributed by atoms with Gasteiger partial charge in [-0.05, 0) is 105 Å². The van der Waals surface area contributed by atoms with Crippen LogP contribution in [-0.2, 0) is 9.59 Å². The molecule has 0 atom stereocenters. The fraction of sp³-hybridized carbons (Fsp3) is 0.462. The first kappa shape index (κ1) is 33.9. The maximum atomic E-state index is 14.5. The first-order valence-corrected chi connectivity index (χ1v) is 18.3. The standard InChI is InChI=1S/C39H45FN8O4/c1-23-11-35(50)48(28-3-5-30(40)32(15-28)42-22-34(41)49)37-29(23)21-43-38(45-37)44-31-6-4-27(16-33(31)52-2)46-7-9-47(10-8-46)36(51)20-39-17-24-12-25(18-39)14-26(13-24)19-39/h3-6,11,15-16,21,24-26,42H,7-10,12-14,17-20,22H2,1-2H3,(H2,41,49)(H,43,44,45). The summed E-state index contributed by atoms with van der Waals surface area (Å²) < 4.78 is 21.7. The second kappa shape index (κ2) is 13.4.